The number of hydrogen-bond acceptors (Lipinski definition) is 5. The minimum Gasteiger partial charge on any atom is -0.356 e. The van der Waals surface area contributed by atoms with E-state index in [1.165, 1.54) is 18.2 Å². The molecule has 0 radical (unpaired) electrons. The quantitative estimate of drug-likeness (QED) is 0.474. The molecule has 2 aromatic rings. The number of nitrogens with zero attached hydrogens (tertiary/aromatic N) is 2. The molecule has 7 nitrogen and oxygen atoms in total. The van der Waals surface area contributed by atoms with Crippen LogP contribution in [0.15, 0.2) is 30.3 Å². The number of carbonyl (C=O) groups excluding carboxylic acids is 1. The van der Waals surface area contributed by atoms with Crippen molar-refractivity contribution in [1.82, 2.24) is 10.3 Å². The number of hydrogen-bond donors (Lipinski definition) is 2. The van der Waals surface area contributed by atoms with Gasteiger partial charge in [0.05, 0.1) is 17.9 Å². The van der Waals surface area contributed by atoms with Gasteiger partial charge in [-0.2, -0.15) is 13.2 Å². The number of piperidine rings is 1. The number of benzene rings is 1. The van der Waals surface area contributed by atoms with Crippen molar-refractivity contribution in [3.05, 3.63) is 53.0 Å². The van der Waals surface area contributed by atoms with Gasteiger partial charge in [-0.25, -0.2) is 17.8 Å². The lowest BCUT2D eigenvalue weighted by Gasteiger charge is -2.33. The first-order valence-corrected chi connectivity index (χ1v) is 14.1. The zero-order valence-electron chi connectivity index (χ0n) is 20.6. The number of aromatic nitrogens is 1. The second kappa shape index (κ2) is 10.5. The van der Waals surface area contributed by atoms with E-state index in [-0.39, 0.29) is 29.9 Å². The number of rotatable bonds is 8. The summed E-state index contributed by atoms with van der Waals surface area (Å²) >= 11 is 0. The van der Waals surface area contributed by atoms with Crippen LogP contribution in [0, 0.1) is 17.7 Å². The number of sulfonamides is 1. The first kappa shape index (κ1) is 27.2. The van der Waals surface area contributed by atoms with Crippen LogP contribution >= 0.6 is 0 Å². The average molecular weight is 543 g/mol. The smallest absolute Gasteiger partial charge is 0.356 e. The molecule has 0 spiro atoms. The largest absolute Gasteiger partial charge is 0.433 e. The lowest BCUT2D eigenvalue weighted by molar-refractivity contribution is -0.141. The second-order valence-corrected chi connectivity index (χ2v) is 11.7. The molecule has 1 aliphatic heterocycles. The summed E-state index contributed by atoms with van der Waals surface area (Å²) < 4.78 is 79.7. The number of nitrogens with one attached hydrogen (secondary N) is 2. The molecule has 12 heteroatoms. The van der Waals surface area contributed by atoms with Crippen molar-refractivity contribution in [2.75, 3.05) is 29.0 Å². The molecule has 1 saturated carbocycles. The van der Waals surface area contributed by atoms with Crippen LogP contribution in [0.4, 0.5) is 29.1 Å². The van der Waals surface area contributed by atoms with Gasteiger partial charge in [0.1, 0.15) is 17.3 Å². The highest BCUT2D eigenvalue weighted by molar-refractivity contribution is 7.92. The molecule has 1 aromatic carbocycles. The van der Waals surface area contributed by atoms with Crippen molar-refractivity contribution in [2.24, 2.45) is 11.8 Å². The van der Waals surface area contributed by atoms with Crippen molar-refractivity contribution in [3.63, 3.8) is 0 Å². The van der Waals surface area contributed by atoms with Crippen LogP contribution in [0.2, 0.25) is 0 Å². The van der Waals surface area contributed by atoms with Gasteiger partial charge in [-0.3, -0.25) is 9.52 Å². The van der Waals surface area contributed by atoms with Gasteiger partial charge in [0.15, 0.2) is 0 Å². The molecular formula is C25H30F4N4O3S. The molecule has 1 unspecified atom stereocenters. The Hall–Kier alpha value is -2.89. The highest BCUT2D eigenvalue weighted by Crippen LogP contribution is 2.43. The monoisotopic (exact) mass is 542 g/mol. The molecule has 0 bridgehead atoms. The van der Waals surface area contributed by atoms with Gasteiger partial charge in [0.25, 0.3) is 0 Å². The summed E-state index contributed by atoms with van der Waals surface area (Å²) in [7, 11) is -3.67. The molecule has 1 aliphatic carbocycles. The molecule has 2 N–H and O–H groups in total. The number of halogens is 4. The molecule has 1 aromatic heterocycles. The third-order valence-corrected chi connectivity index (χ3v) is 7.40. The Morgan fingerprint density at radius 3 is 2.38 bits per heavy atom. The third kappa shape index (κ3) is 6.91. The zero-order chi connectivity index (χ0) is 27.0. The maximum Gasteiger partial charge on any atom is 0.433 e. The fraction of sp³-hybridized carbons (Fsp3) is 0.520. The molecule has 1 saturated heterocycles. The second-order valence-electron chi connectivity index (χ2n) is 9.99. The van der Waals surface area contributed by atoms with E-state index in [1.807, 2.05) is 4.90 Å². The Bertz CT molecular complexity index is 1260. The standard InChI is InChI=1S/C25H30F4N4O3S/c1-15-9-11-33(12-10-15)23-18(6-8-21(31-23)25(27,28)29)14-30-24(34)22(16-3-4-16)17-5-7-20(19(26)13-17)32-37(2,35)36/h5-8,13,15-16,22,32H,3-4,9-12,14H2,1-2H3,(H,30,34). The Kier molecular flexibility index (Phi) is 7.68. The summed E-state index contributed by atoms with van der Waals surface area (Å²) in [5, 5.41) is 2.82. The first-order chi connectivity index (χ1) is 17.3. The van der Waals surface area contributed by atoms with Gasteiger partial charge in [0.2, 0.25) is 15.9 Å². The number of anilines is 2. The van der Waals surface area contributed by atoms with E-state index in [9.17, 15) is 30.8 Å². The Morgan fingerprint density at radius 2 is 1.81 bits per heavy atom. The third-order valence-electron chi connectivity index (χ3n) is 6.81. The van der Waals surface area contributed by atoms with Crippen molar-refractivity contribution < 1.29 is 30.8 Å². The van der Waals surface area contributed by atoms with Gasteiger partial charge in [-0.15, -0.1) is 0 Å². The van der Waals surface area contributed by atoms with E-state index in [4.69, 9.17) is 0 Å². The van der Waals surface area contributed by atoms with E-state index >= 15 is 0 Å². The molecule has 37 heavy (non-hydrogen) atoms. The van der Waals surface area contributed by atoms with Gasteiger partial charge in [-0.05, 0) is 61.3 Å². The Labute approximate surface area is 213 Å². The van der Waals surface area contributed by atoms with Crippen LogP contribution in [-0.2, 0) is 27.5 Å². The highest BCUT2D eigenvalue weighted by Gasteiger charge is 2.38. The summed E-state index contributed by atoms with van der Waals surface area (Å²) in [6.07, 6.45) is -0.439. The highest BCUT2D eigenvalue weighted by atomic mass is 32.2. The van der Waals surface area contributed by atoms with Crippen LogP contribution in [0.5, 0.6) is 0 Å². The minimum absolute atomic E-state index is 0.00176. The van der Waals surface area contributed by atoms with Gasteiger partial charge in [-0.1, -0.05) is 19.1 Å². The molecule has 202 valence electrons. The minimum atomic E-state index is -4.58. The lowest BCUT2D eigenvalue weighted by atomic mass is 9.92. The summed E-state index contributed by atoms with van der Waals surface area (Å²) in [5.74, 6) is -1.14. The van der Waals surface area contributed by atoms with Crippen molar-refractivity contribution in [1.29, 1.82) is 0 Å². The summed E-state index contributed by atoms with van der Waals surface area (Å²) in [6, 6.07) is 6.21. The van der Waals surface area contributed by atoms with Crippen LogP contribution in [0.3, 0.4) is 0 Å². The Balaban J connectivity index is 1.54. The molecule has 1 amide bonds. The van der Waals surface area contributed by atoms with E-state index in [2.05, 4.69) is 21.9 Å². The predicted octanol–water partition coefficient (Wildman–Crippen LogP) is 4.66. The van der Waals surface area contributed by atoms with E-state index < -0.39 is 33.6 Å². The van der Waals surface area contributed by atoms with E-state index in [0.717, 1.165) is 44.1 Å². The molecule has 1 atom stereocenters. The number of alkyl halides is 3. The van der Waals surface area contributed by atoms with E-state index in [0.29, 0.717) is 30.1 Å². The lowest BCUT2D eigenvalue weighted by Crippen LogP contribution is -2.36. The maximum atomic E-state index is 14.6. The maximum absolute atomic E-state index is 14.6. The molecule has 4 rings (SSSR count). The van der Waals surface area contributed by atoms with Gasteiger partial charge < -0.3 is 10.2 Å². The molecular weight excluding hydrogens is 512 g/mol. The number of carbonyl (C=O) groups is 1. The van der Waals surface area contributed by atoms with Crippen molar-refractivity contribution in [2.45, 2.75) is 51.2 Å². The van der Waals surface area contributed by atoms with Crippen LogP contribution in [-0.4, -0.2) is 38.7 Å². The fourth-order valence-corrected chi connectivity index (χ4v) is 5.20. The SMILES string of the molecule is CC1CCN(c2nc(C(F)(F)F)ccc2CNC(=O)C(c2ccc(NS(C)(=O)=O)c(F)c2)C2CC2)CC1. The van der Waals surface area contributed by atoms with Crippen LogP contribution in [0.25, 0.3) is 0 Å². The van der Waals surface area contributed by atoms with Gasteiger partial charge in [0, 0.05) is 25.2 Å². The van der Waals surface area contributed by atoms with Gasteiger partial charge >= 0.3 is 6.18 Å². The molecule has 2 heterocycles. The summed E-state index contributed by atoms with van der Waals surface area (Å²) in [5.41, 5.74) is -0.306. The van der Waals surface area contributed by atoms with Crippen molar-refractivity contribution in [3.8, 4) is 0 Å². The summed E-state index contributed by atoms with van der Waals surface area (Å²) in [4.78, 5) is 19.0. The average Bonchev–Trinajstić information content (AvgIpc) is 3.64. The Morgan fingerprint density at radius 1 is 1.14 bits per heavy atom. The zero-order valence-corrected chi connectivity index (χ0v) is 21.4. The topological polar surface area (TPSA) is 91.4 Å². The van der Waals surface area contributed by atoms with Crippen LogP contribution in [0.1, 0.15) is 55.3 Å². The summed E-state index contributed by atoms with van der Waals surface area (Å²) in [6.45, 7) is 3.23. The number of amides is 1. The van der Waals surface area contributed by atoms with E-state index in [1.54, 1.807) is 0 Å². The van der Waals surface area contributed by atoms with Crippen LogP contribution < -0.4 is 14.9 Å². The normalized spacial score (nSPS) is 17.9. The van der Waals surface area contributed by atoms with Crippen molar-refractivity contribution >= 4 is 27.4 Å². The predicted molar refractivity (Wildman–Crippen MR) is 132 cm³/mol. The molecule has 2 aliphatic rings. The fourth-order valence-electron chi connectivity index (χ4n) is 4.63. The number of pyridine rings is 1. The molecule has 2 fully saturated rings. The first-order valence-electron chi connectivity index (χ1n) is 12.2.